The highest BCUT2D eigenvalue weighted by molar-refractivity contribution is 6.58. The van der Waals surface area contributed by atoms with Gasteiger partial charge in [-0.15, -0.1) is 0 Å². The van der Waals surface area contributed by atoms with Crippen LogP contribution in [0, 0.1) is 5.82 Å². The standard InChI is InChI=1S/C15H16BFO4/c1-2-20-14-5-3-4-6-15(14)21-10-11-7-8-12(16(18)19)9-13(11)17/h3-9,18-19H,2,10H2,1H3. The molecule has 0 aliphatic carbocycles. The molecule has 2 N–H and O–H groups in total. The summed E-state index contributed by atoms with van der Waals surface area (Å²) in [4.78, 5) is 0. The van der Waals surface area contributed by atoms with Crippen molar-refractivity contribution in [1.29, 1.82) is 0 Å². The molecule has 0 saturated heterocycles. The quantitative estimate of drug-likeness (QED) is 0.791. The van der Waals surface area contributed by atoms with Gasteiger partial charge in [0.05, 0.1) is 6.61 Å². The molecule has 110 valence electrons. The number of ether oxygens (including phenoxy) is 2. The molecule has 0 aromatic heterocycles. The zero-order chi connectivity index (χ0) is 15.2. The molecule has 0 aliphatic rings. The third-order valence-corrected chi connectivity index (χ3v) is 2.91. The lowest BCUT2D eigenvalue weighted by Crippen LogP contribution is -2.30. The maximum Gasteiger partial charge on any atom is 0.488 e. The van der Waals surface area contributed by atoms with Crippen LogP contribution in [0.4, 0.5) is 4.39 Å². The van der Waals surface area contributed by atoms with Crippen molar-refractivity contribution in [1.82, 2.24) is 0 Å². The van der Waals surface area contributed by atoms with E-state index in [-0.39, 0.29) is 12.1 Å². The molecule has 0 aliphatic heterocycles. The summed E-state index contributed by atoms with van der Waals surface area (Å²) in [6.07, 6.45) is 0. The summed E-state index contributed by atoms with van der Waals surface area (Å²) in [5.74, 6) is 0.585. The van der Waals surface area contributed by atoms with Crippen molar-refractivity contribution in [2.45, 2.75) is 13.5 Å². The van der Waals surface area contributed by atoms with Crippen molar-refractivity contribution in [2.75, 3.05) is 6.61 Å². The lowest BCUT2D eigenvalue weighted by molar-refractivity contribution is 0.266. The maximum absolute atomic E-state index is 13.8. The van der Waals surface area contributed by atoms with Crippen LogP contribution in [0.1, 0.15) is 12.5 Å². The van der Waals surface area contributed by atoms with Gasteiger partial charge >= 0.3 is 7.12 Å². The van der Waals surface area contributed by atoms with Crippen LogP contribution in [-0.4, -0.2) is 23.8 Å². The first-order valence-electron chi connectivity index (χ1n) is 6.61. The van der Waals surface area contributed by atoms with Gasteiger partial charge < -0.3 is 19.5 Å². The van der Waals surface area contributed by atoms with Gasteiger partial charge in [0.15, 0.2) is 11.5 Å². The Bertz CT molecular complexity index is 604. The van der Waals surface area contributed by atoms with Gasteiger partial charge in [-0.25, -0.2) is 4.39 Å². The third-order valence-electron chi connectivity index (χ3n) is 2.91. The van der Waals surface area contributed by atoms with E-state index in [0.29, 0.717) is 23.7 Å². The summed E-state index contributed by atoms with van der Waals surface area (Å²) in [6, 6.07) is 11.1. The van der Waals surface area contributed by atoms with Gasteiger partial charge in [-0.2, -0.15) is 0 Å². The van der Waals surface area contributed by atoms with Crippen LogP contribution in [0.3, 0.4) is 0 Å². The fraction of sp³-hybridized carbons (Fsp3) is 0.200. The van der Waals surface area contributed by atoms with Gasteiger partial charge in [0.1, 0.15) is 12.4 Å². The Morgan fingerprint density at radius 2 is 1.71 bits per heavy atom. The van der Waals surface area contributed by atoms with Gasteiger partial charge in [-0.05, 0) is 30.6 Å². The van der Waals surface area contributed by atoms with Crippen LogP contribution in [0.5, 0.6) is 11.5 Å². The van der Waals surface area contributed by atoms with Crippen molar-refractivity contribution < 1.29 is 23.9 Å². The number of halogens is 1. The molecule has 2 aromatic rings. The molecular formula is C15H16BFO4. The molecule has 0 spiro atoms. The average molecular weight is 290 g/mol. The smallest absolute Gasteiger partial charge is 0.488 e. The van der Waals surface area contributed by atoms with E-state index in [1.54, 1.807) is 18.2 Å². The lowest BCUT2D eigenvalue weighted by atomic mass is 9.80. The van der Waals surface area contributed by atoms with Crippen molar-refractivity contribution in [3.63, 3.8) is 0 Å². The SMILES string of the molecule is CCOc1ccccc1OCc1ccc(B(O)O)cc1F. The van der Waals surface area contributed by atoms with Gasteiger partial charge in [0.25, 0.3) is 0 Å². The zero-order valence-corrected chi connectivity index (χ0v) is 11.6. The van der Waals surface area contributed by atoms with Gasteiger partial charge in [0, 0.05) is 5.56 Å². The summed E-state index contributed by atoms with van der Waals surface area (Å²) in [7, 11) is -1.69. The fourth-order valence-electron chi connectivity index (χ4n) is 1.84. The van der Waals surface area contributed by atoms with E-state index in [2.05, 4.69) is 0 Å². The molecule has 4 nitrogen and oxygen atoms in total. The second-order valence-corrected chi connectivity index (χ2v) is 4.39. The minimum Gasteiger partial charge on any atom is -0.490 e. The average Bonchev–Trinajstić information content (AvgIpc) is 2.47. The second kappa shape index (κ2) is 7.10. The number of hydrogen-bond acceptors (Lipinski definition) is 4. The van der Waals surface area contributed by atoms with Gasteiger partial charge in [0.2, 0.25) is 0 Å². The van der Waals surface area contributed by atoms with Crippen LogP contribution < -0.4 is 14.9 Å². The van der Waals surface area contributed by atoms with Gasteiger partial charge in [-0.3, -0.25) is 0 Å². The normalized spacial score (nSPS) is 10.3. The molecular weight excluding hydrogens is 274 g/mol. The summed E-state index contributed by atoms with van der Waals surface area (Å²) in [5.41, 5.74) is 0.427. The van der Waals surface area contributed by atoms with Crippen LogP contribution in [0.2, 0.25) is 0 Å². The number of para-hydroxylation sites is 2. The summed E-state index contributed by atoms with van der Waals surface area (Å²) in [5, 5.41) is 18.0. The third kappa shape index (κ3) is 3.96. The van der Waals surface area contributed by atoms with E-state index in [1.807, 2.05) is 13.0 Å². The molecule has 0 bridgehead atoms. The maximum atomic E-state index is 13.8. The summed E-state index contributed by atoms with van der Waals surface area (Å²) >= 11 is 0. The molecule has 6 heteroatoms. The van der Waals surface area contributed by atoms with Crippen LogP contribution in [-0.2, 0) is 6.61 Å². The minimum atomic E-state index is -1.69. The molecule has 0 atom stereocenters. The molecule has 0 heterocycles. The zero-order valence-electron chi connectivity index (χ0n) is 11.6. The highest BCUT2D eigenvalue weighted by atomic mass is 19.1. The Morgan fingerprint density at radius 3 is 2.29 bits per heavy atom. The van der Waals surface area contributed by atoms with Crippen LogP contribution in [0.15, 0.2) is 42.5 Å². The van der Waals surface area contributed by atoms with E-state index < -0.39 is 12.9 Å². The first kappa shape index (κ1) is 15.3. The molecule has 0 amide bonds. The van der Waals surface area contributed by atoms with Crippen molar-refractivity contribution in [3.05, 3.63) is 53.8 Å². The molecule has 0 fully saturated rings. The Morgan fingerprint density at radius 1 is 1.05 bits per heavy atom. The number of benzene rings is 2. The molecule has 0 radical (unpaired) electrons. The molecule has 21 heavy (non-hydrogen) atoms. The van der Waals surface area contributed by atoms with E-state index >= 15 is 0 Å². The van der Waals surface area contributed by atoms with Gasteiger partial charge in [-0.1, -0.05) is 24.3 Å². The predicted molar refractivity (Wildman–Crippen MR) is 78.2 cm³/mol. The second-order valence-electron chi connectivity index (χ2n) is 4.39. The van der Waals surface area contributed by atoms with E-state index in [9.17, 15) is 4.39 Å². The van der Waals surface area contributed by atoms with E-state index in [0.717, 1.165) is 6.07 Å². The van der Waals surface area contributed by atoms with Crippen LogP contribution in [0.25, 0.3) is 0 Å². The lowest BCUT2D eigenvalue weighted by Gasteiger charge is -2.12. The van der Waals surface area contributed by atoms with Crippen molar-refractivity contribution in [3.8, 4) is 11.5 Å². The monoisotopic (exact) mass is 290 g/mol. The number of rotatable bonds is 6. The highest BCUT2D eigenvalue weighted by Crippen LogP contribution is 2.27. The summed E-state index contributed by atoms with van der Waals surface area (Å²) < 4.78 is 24.8. The Hall–Kier alpha value is -2.05. The predicted octanol–water partition coefficient (Wildman–Crippen LogP) is 1.48. The first-order chi connectivity index (χ1) is 10.1. The minimum absolute atomic E-state index is 0.0255. The van der Waals surface area contributed by atoms with E-state index in [4.69, 9.17) is 19.5 Å². The van der Waals surface area contributed by atoms with Crippen molar-refractivity contribution in [2.24, 2.45) is 0 Å². The van der Waals surface area contributed by atoms with Crippen LogP contribution >= 0.6 is 0 Å². The fourth-order valence-corrected chi connectivity index (χ4v) is 1.84. The highest BCUT2D eigenvalue weighted by Gasteiger charge is 2.14. The number of hydrogen-bond donors (Lipinski definition) is 2. The van der Waals surface area contributed by atoms with Crippen molar-refractivity contribution >= 4 is 12.6 Å². The topological polar surface area (TPSA) is 58.9 Å². The molecule has 0 unspecified atom stereocenters. The summed E-state index contributed by atoms with van der Waals surface area (Å²) in [6.45, 7) is 2.41. The Balaban J connectivity index is 2.10. The molecule has 0 saturated carbocycles. The Kier molecular flexibility index (Phi) is 5.19. The molecule has 2 rings (SSSR count). The molecule has 2 aromatic carbocycles. The first-order valence-corrected chi connectivity index (χ1v) is 6.61. The Labute approximate surface area is 122 Å². The van der Waals surface area contributed by atoms with E-state index in [1.165, 1.54) is 12.1 Å². The largest absolute Gasteiger partial charge is 0.490 e.